The van der Waals surface area contributed by atoms with Crippen LogP contribution < -0.4 is 5.73 Å². The van der Waals surface area contributed by atoms with Gasteiger partial charge < -0.3 is 5.73 Å². The lowest BCUT2D eigenvalue weighted by Crippen LogP contribution is -2.18. The molecule has 2 bridgehead atoms. The van der Waals surface area contributed by atoms with Gasteiger partial charge in [-0.15, -0.1) is 0 Å². The summed E-state index contributed by atoms with van der Waals surface area (Å²) in [6.45, 7) is 0. The highest BCUT2D eigenvalue weighted by molar-refractivity contribution is 7.85. The second-order valence-corrected chi connectivity index (χ2v) is 7.02. The van der Waals surface area contributed by atoms with Crippen molar-refractivity contribution in [2.24, 2.45) is 17.8 Å². The number of nitrogen functional groups attached to an aromatic ring is 1. The molecule has 0 spiro atoms. The highest BCUT2D eigenvalue weighted by Crippen LogP contribution is 2.48. The molecule has 4 atom stereocenters. The normalized spacial score (nSPS) is 32.8. The van der Waals surface area contributed by atoms with Gasteiger partial charge in [0, 0.05) is 16.3 Å². The summed E-state index contributed by atoms with van der Waals surface area (Å²) in [5.74, 6) is 3.31. The van der Waals surface area contributed by atoms with Gasteiger partial charge >= 0.3 is 0 Å². The number of fused-ring (bicyclic) bond motifs is 2. The van der Waals surface area contributed by atoms with E-state index in [1.807, 2.05) is 24.3 Å². The van der Waals surface area contributed by atoms with Gasteiger partial charge in [0.2, 0.25) is 0 Å². The zero-order valence-electron chi connectivity index (χ0n) is 9.97. The van der Waals surface area contributed by atoms with Crippen LogP contribution in [0.5, 0.6) is 0 Å². The van der Waals surface area contributed by atoms with Gasteiger partial charge in [-0.05, 0) is 55.2 Å². The number of benzene rings is 1. The number of hydrogen-bond donors (Lipinski definition) is 1. The average molecular weight is 249 g/mol. The molecular weight excluding hydrogens is 230 g/mol. The van der Waals surface area contributed by atoms with Crippen molar-refractivity contribution in [3.8, 4) is 0 Å². The minimum atomic E-state index is -0.865. The first-order valence-corrected chi connectivity index (χ1v) is 7.78. The summed E-state index contributed by atoms with van der Waals surface area (Å²) < 4.78 is 12.3. The molecule has 0 amide bonds. The Hall–Kier alpha value is -0.830. The van der Waals surface area contributed by atoms with E-state index >= 15 is 0 Å². The molecule has 17 heavy (non-hydrogen) atoms. The van der Waals surface area contributed by atoms with E-state index < -0.39 is 10.8 Å². The summed E-state index contributed by atoms with van der Waals surface area (Å²) in [4.78, 5) is 0.896. The molecule has 2 saturated carbocycles. The largest absolute Gasteiger partial charge is 0.399 e. The Morgan fingerprint density at radius 3 is 2.82 bits per heavy atom. The molecule has 4 unspecified atom stereocenters. The Kier molecular flexibility index (Phi) is 2.95. The summed E-state index contributed by atoms with van der Waals surface area (Å²) >= 11 is 0. The highest BCUT2D eigenvalue weighted by atomic mass is 32.2. The fourth-order valence-electron chi connectivity index (χ4n) is 3.53. The van der Waals surface area contributed by atoms with Gasteiger partial charge in [0.05, 0.1) is 10.8 Å². The van der Waals surface area contributed by atoms with Gasteiger partial charge in [0.25, 0.3) is 0 Å². The van der Waals surface area contributed by atoms with Crippen molar-refractivity contribution in [1.82, 2.24) is 0 Å². The van der Waals surface area contributed by atoms with Crippen LogP contribution in [0.25, 0.3) is 0 Å². The molecule has 0 aliphatic heterocycles. The van der Waals surface area contributed by atoms with E-state index in [9.17, 15) is 4.21 Å². The molecule has 0 aromatic heterocycles. The van der Waals surface area contributed by atoms with E-state index in [1.54, 1.807) is 0 Å². The molecule has 0 saturated heterocycles. The summed E-state index contributed by atoms with van der Waals surface area (Å²) in [5.41, 5.74) is 6.44. The Morgan fingerprint density at radius 1 is 1.29 bits per heavy atom. The van der Waals surface area contributed by atoms with Gasteiger partial charge in [-0.2, -0.15) is 0 Å². The third-order valence-electron chi connectivity index (χ3n) is 4.37. The van der Waals surface area contributed by atoms with Crippen LogP contribution in [-0.2, 0) is 10.8 Å². The van der Waals surface area contributed by atoms with Crippen LogP contribution in [0.1, 0.15) is 25.7 Å². The molecular formula is C14H19NOS. The quantitative estimate of drug-likeness (QED) is 0.837. The summed E-state index contributed by atoms with van der Waals surface area (Å²) in [6.07, 6.45) is 5.47. The van der Waals surface area contributed by atoms with Gasteiger partial charge in [0.1, 0.15) is 0 Å². The van der Waals surface area contributed by atoms with E-state index in [2.05, 4.69) is 0 Å². The van der Waals surface area contributed by atoms with Gasteiger partial charge in [0.15, 0.2) is 0 Å². The average Bonchev–Trinajstić information content (AvgIpc) is 2.91. The molecule has 2 fully saturated rings. The smallest absolute Gasteiger partial charge is 0.0533 e. The van der Waals surface area contributed by atoms with Crippen molar-refractivity contribution < 1.29 is 4.21 Å². The van der Waals surface area contributed by atoms with E-state index in [-0.39, 0.29) is 0 Å². The standard InChI is InChI=1S/C14H19NOS/c15-13-2-1-3-14(8-13)17(16)9-12-7-10-4-5-11(12)6-10/h1-3,8,10-12H,4-7,9,15H2. The lowest BCUT2D eigenvalue weighted by molar-refractivity contribution is 0.363. The first-order chi connectivity index (χ1) is 8.22. The second kappa shape index (κ2) is 4.45. The Morgan fingerprint density at radius 2 is 2.18 bits per heavy atom. The maximum atomic E-state index is 12.3. The van der Waals surface area contributed by atoms with Crippen molar-refractivity contribution in [2.75, 3.05) is 11.5 Å². The highest BCUT2D eigenvalue weighted by Gasteiger charge is 2.39. The summed E-state index contributed by atoms with van der Waals surface area (Å²) in [6, 6.07) is 7.52. The monoisotopic (exact) mass is 249 g/mol. The molecule has 2 aliphatic carbocycles. The van der Waals surface area contributed by atoms with E-state index in [0.29, 0.717) is 11.6 Å². The Bertz CT molecular complexity index is 446. The lowest BCUT2D eigenvalue weighted by atomic mass is 9.90. The van der Waals surface area contributed by atoms with Crippen LogP contribution >= 0.6 is 0 Å². The zero-order valence-corrected chi connectivity index (χ0v) is 10.8. The van der Waals surface area contributed by atoms with Crippen LogP contribution in [0.2, 0.25) is 0 Å². The molecule has 92 valence electrons. The number of anilines is 1. The van der Waals surface area contributed by atoms with Crippen molar-refractivity contribution in [2.45, 2.75) is 30.6 Å². The first kappa shape index (κ1) is 11.3. The predicted molar refractivity (Wildman–Crippen MR) is 71.1 cm³/mol. The molecule has 2 aliphatic rings. The zero-order chi connectivity index (χ0) is 11.8. The van der Waals surface area contributed by atoms with Crippen LogP contribution in [0.3, 0.4) is 0 Å². The maximum absolute atomic E-state index is 12.3. The van der Waals surface area contributed by atoms with Crippen molar-refractivity contribution in [3.63, 3.8) is 0 Å². The van der Waals surface area contributed by atoms with E-state index in [4.69, 9.17) is 5.73 Å². The minimum absolute atomic E-state index is 0.691. The van der Waals surface area contributed by atoms with E-state index in [0.717, 1.165) is 22.5 Å². The fourth-order valence-corrected chi connectivity index (χ4v) is 5.01. The van der Waals surface area contributed by atoms with Gasteiger partial charge in [-0.1, -0.05) is 12.5 Å². The maximum Gasteiger partial charge on any atom is 0.0533 e. The molecule has 3 rings (SSSR count). The topological polar surface area (TPSA) is 43.1 Å². The summed E-state index contributed by atoms with van der Waals surface area (Å²) in [5, 5.41) is 0. The third kappa shape index (κ3) is 2.25. The Labute approximate surface area is 105 Å². The second-order valence-electron chi connectivity index (χ2n) is 5.52. The predicted octanol–water partition coefficient (Wildman–Crippen LogP) is 2.81. The number of hydrogen-bond acceptors (Lipinski definition) is 2. The number of rotatable bonds is 3. The molecule has 1 aromatic rings. The Balaban J connectivity index is 1.68. The van der Waals surface area contributed by atoms with Crippen molar-refractivity contribution in [3.05, 3.63) is 24.3 Å². The molecule has 1 aromatic carbocycles. The first-order valence-electron chi connectivity index (χ1n) is 6.46. The van der Waals surface area contributed by atoms with Gasteiger partial charge in [-0.3, -0.25) is 4.21 Å². The third-order valence-corrected chi connectivity index (χ3v) is 5.88. The van der Waals surface area contributed by atoms with Crippen LogP contribution in [-0.4, -0.2) is 9.96 Å². The van der Waals surface area contributed by atoms with Crippen molar-refractivity contribution >= 4 is 16.5 Å². The van der Waals surface area contributed by atoms with Crippen molar-refractivity contribution in [1.29, 1.82) is 0 Å². The SMILES string of the molecule is Nc1cccc(S(=O)CC2CC3CCC2C3)c1. The van der Waals surface area contributed by atoms with Crippen LogP contribution in [0, 0.1) is 17.8 Å². The fraction of sp³-hybridized carbons (Fsp3) is 0.571. The van der Waals surface area contributed by atoms with E-state index in [1.165, 1.54) is 25.7 Å². The molecule has 0 radical (unpaired) electrons. The minimum Gasteiger partial charge on any atom is -0.399 e. The summed E-state index contributed by atoms with van der Waals surface area (Å²) in [7, 11) is -0.865. The lowest BCUT2D eigenvalue weighted by Gasteiger charge is -2.20. The van der Waals surface area contributed by atoms with Crippen LogP contribution in [0.4, 0.5) is 5.69 Å². The molecule has 2 nitrogen and oxygen atoms in total. The molecule has 2 N–H and O–H groups in total. The van der Waals surface area contributed by atoms with Gasteiger partial charge in [-0.25, -0.2) is 0 Å². The number of nitrogens with two attached hydrogens (primary N) is 1. The molecule has 0 heterocycles. The molecule has 3 heteroatoms. The van der Waals surface area contributed by atoms with Crippen LogP contribution in [0.15, 0.2) is 29.2 Å².